The summed E-state index contributed by atoms with van der Waals surface area (Å²) in [6.45, 7) is 6.66. The Hall–Kier alpha value is -2.28. The normalized spacial score (nSPS) is 12.4. The summed E-state index contributed by atoms with van der Waals surface area (Å²) in [4.78, 5) is 13.2. The van der Waals surface area contributed by atoms with E-state index in [1.54, 1.807) is 7.11 Å². The number of benzene rings is 1. The summed E-state index contributed by atoms with van der Waals surface area (Å²) < 4.78 is 4.98. The first-order chi connectivity index (χ1) is 11.0. The lowest BCUT2D eigenvalue weighted by molar-refractivity contribution is -0.123. The summed E-state index contributed by atoms with van der Waals surface area (Å²) >= 11 is 0. The smallest absolute Gasteiger partial charge is 0.243 e. The van der Waals surface area contributed by atoms with E-state index in [1.807, 2.05) is 19.1 Å². The van der Waals surface area contributed by atoms with Gasteiger partial charge in [-0.05, 0) is 23.6 Å². The molecule has 124 valence electrons. The van der Waals surface area contributed by atoms with Crippen molar-refractivity contribution in [1.82, 2.24) is 25.5 Å². The van der Waals surface area contributed by atoms with E-state index in [9.17, 15) is 4.79 Å². The minimum atomic E-state index is -0.173. The number of carbonyl (C=O) groups excluding carboxylic acids is 1. The molecule has 0 aliphatic rings. The number of carbonyl (C=O) groups is 1. The molecule has 23 heavy (non-hydrogen) atoms. The van der Waals surface area contributed by atoms with Crippen LogP contribution in [0.15, 0.2) is 24.3 Å². The van der Waals surface area contributed by atoms with Crippen LogP contribution in [0.1, 0.15) is 32.3 Å². The maximum atomic E-state index is 11.9. The van der Waals surface area contributed by atoms with Gasteiger partial charge in [0.05, 0.1) is 6.61 Å². The Bertz CT molecular complexity index is 636. The number of amides is 1. The zero-order chi connectivity index (χ0) is 16.8. The highest BCUT2D eigenvalue weighted by molar-refractivity contribution is 5.75. The van der Waals surface area contributed by atoms with Crippen molar-refractivity contribution in [2.75, 3.05) is 13.7 Å². The Labute approximate surface area is 136 Å². The highest BCUT2D eigenvalue weighted by Gasteiger charge is 2.11. The number of nitrogens with zero attached hydrogens (tertiary/aromatic N) is 4. The molecule has 0 radical (unpaired) electrons. The average molecular weight is 317 g/mol. The van der Waals surface area contributed by atoms with Crippen LogP contribution in [0.5, 0.6) is 0 Å². The SMILES string of the molecule is COCC(C)NC(=O)Cn1nnc(-c2ccc(C(C)C)cc2)n1. The molecule has 0 aliphatic carbocycles. The van der Waals surface area contributed by atoms with Crippen LogP contribution in [0.2, 0.25) is 0 Å². The van der Waals surface area contributed by atoms with Crippen LogP contribution in [0.4, 0.5) is 0 Å². The van der Waals surface area contributed by atoms with Gasteiger partial charge in [0.25, 0.3) is 0 Å². The third-order valence-corrected chi connectivity index (χ3v) is 3.40. The van der Waals surface area contributed by atoms with E-state index >= 15 is 0 Å². The molecular formula is C16H23N5O2. The molecule has 2 rings (SSSR count). The van der Waals surface area contributed by atoms with Crippen molar-refractivity contribution < 1.29 is 9.53 Å². The molecule has 1 amide bonds. The predicted octanol–water partition coefficient (Wildman–Crippen LogP) is 1.61. The van der Waals surface area contributed by atoms with Crippen molar-refractivity contribution in [3.8, 4) is 11.4 Å². The summed E-state index contributed by atoms with van der Waals surface area (Å²) in [7, 11) is 1.60. The number of nitrogens with one attached hydrogen (secondary N) is 1. The quantitative estimate of drug-likeness (QED) is 0.839. The molecule has 1 N–H and O–H groups in total. The minimum absolute atomic E-state index is 0.0329. The topological polar surface area (TPSA) is 81.9 Å². The van der Waals surface area contributed by atoms with Crippen molar-refractivity contribution in [3.05, 3.63) is 29.8 Å². The number of rotatable bonds is 7. The lowest BCUT2D eigenvalue weighted by atomic mass is 10.0. The van der Waals surface area contributed by atoms with E-state index < -0.39 is 0 Å². The zero-order valence-corrected chi connectivity index (χ0v) is 14.0. The maximum absolute atomic E-state index is 11.9. The van der Waals surface area contributed by atoms with Gasteiger partial charge in [0.1, 0.15) is 6.54 Å². The summed E-state index contributed by atoms with van der Waals surface area (Å²) in [6, 6.07) is 7.99. The Morgan fingerprint density at radius 1 is 1.26 bits per heavy atom. The monoisotopic (exact) mass is 317 g/mol. The second-order valence-corrected chi connectivity index (χ2v) is 5.84. The zero-order valence-electron chi connectivity index (χ0n) is 14.0. The number of ether oxygens (including phenoxy) is 1. The molecule has 1 aromatic heterocycles. The van der Waals surface area contributed by atoms with Crippen LogP contribution in [-0.2, 0) is 16.1 Å². The number of tetrazole rings is 1. The fraction of sp³-hybridized carbons (Fsp3) is 0.500. The Balaban J connectivity index is 1.98. The molecule has 7 nitrogen and oxygen atoms in total. The van der Waals surface area contributed by atoms with Crippen LogP contribution >= 0.6 is 0 Å². The molecule has 1 unspecified atom stereocenters. The van der Waals surface area contributed by atoms with E-state index in [2.05, 4.69) is 46.7 Å². The molecule has 0 bridgehead atoms. The van der Waals surface area contributed by atoms with Crippen LogP contribution in [-0.4, -0.2) is 45.9 Å². The minimum Gasteiger partial charge on any atom is -0.383 e. The van der Waals surface area contributed by atoms with Crippen molar-refractivity contribution in [3.63, 3.8) is 0 Å². The van der Waals surface area contributed by atoms with Crippen LogP contribution in [0.25, 0.3) is 11.4 Å². The van der Waals surface area contributed by atoms with Crippen molar-refractivity contribution in [2.45, 2.75) is 39.3 Å². The van der Waals surface area contributed by atoms with Gasteiger partial charge in [-0.1, -0.05) is 38.1 Å². The third kappa shape index (κ3) is 4.85. The van der Waals surface area contributed by atoms with Gasteiger partial charge in [0, 0.05) is 18.7 Å². The first-order valence-electron chi connectivity index (χ1n) is 7.66. The van der Waals surface area contributed by atoms with Crippen molar-refractivity contribution >= 4 is 5.91 Å². The van der Waals surface area contributed by atoms with Gasteiger partial charge in [-0.2, -0.15) is 4.80 Å². The number of hydrogen-bond donors (Lipinski definition) is 1. The van der Waals surface area contributed by atoms with Gasteiger partial charge in [-0.15, -0.1) is 10.2 Å². The van der Waals surface area contributed by atoms with E-state index in [1.165, 1.54) is 10.4 Å². The molecule has 0 saturated carbocycles. The summed E-state index contributed by atoms with van der Waals surface area (Å²) in [5.41, 5.74) is 2.14. The molecule has 1 atom stereocenters. The fourth-order valence-electron chi connectivity index (χ4n) is 2.18. The van der Waals surface area contributed by atoms with Gasteiger partial charge in [0.2, 0.25) is 11.7 Å². The Morgan fingerprint density at radius 2 is 1.96 bits per heavy atom. The second kappa shape index (κ2) is 7.82. The molecule has 2 aromatic rings. The molecule has 7 heteroatoms. The van der Waals surface area contributed by atoms with Crippen molar-refractivity contribution in [2.24, 2.45) is 0 Å². The number of hydrogen-bond acceptors (Lipinski definition) is 5. The van der Waals surface area contributed by atoms with E-state index in [4.69, 9.17) is 4.74 Å². The largest absolute Gasteiger partial charge is 0.383 e. The molecule has 1 aromatic carbocycles. The molecule has 0 spiro atoms. The van der Waals surface area contributed by atoms with Gasteiger partial charge >= 0.3 is 0 Å². The number of methoxy groups -OCH3 is 1. The number of aromatic nitrogens is 4. The van der Waals surface area contributed by atoms with E-state index in [0.717, 1.165) is 5.56 Å². The first kappa shape index (κ1) is 17.1. The lowest BCUT2D eigenvalue weighted by Gasteiger charge is -2.11. The van der Waals surface area contributed by atoms with Crippen LogP contribution in [0, 0.1) is 0 Å². The Morgan fingerprint density at radius 3 is 2.57 bits per heavy atom. The van der Waals surface area contributed by atoms with Gasteiger partial charge in [0.15, 0.2) is 0 Å². The summed E-state index contributed by atoms with van der Waals surface area (Å²) in [5, 5.41) is 15.0. The summed E-state index contributed by atoms with van der Waals surface area (Å²) in [6.07, 6.45) is 0. The highest BCUT2D eigenvalue weighted by Crippen LogP contribution is 2.19. The molecular weight excluding hydrogens is 294 g/mol. The lowest BCUT2D eigenvalue weighted by Crippen LogP contribution is -2.38. The fourth-order valence-corrected chi connectivity index (χ4v) is 2.18. The van der Waals surface area contributed by atoms with Gasteiger partial charge in [-0.25, -0.2) is 0 Å². The predicted molar refractivity (Wildman–Crippen MR) is 86.8 cm³/mol. The maximum Gasteiger partial charge on any atom is 0.243 e. The van der Waals surface area contributed by atoms with Gasteiger partial charge < -0.3 is 10.1 Å². The highest BCUT2D eigenvalue weighted by atomic mass is 16.5. The third-order valence-electron chi connectivity index (χ3n) is 3.40. The van der Waals surface area contributed by atoms with Crippen LogP contribution in [0.3, 0.4) is 0 Å². The van der Waals surface area contributed by atoms with Gasteiger partial charge in [-0.3, -0.25) is 4.79 Å². The summed E-state index contributed by atoms with van der Waals surface area (Å²) in [5.74, 6) is 0.817. The van der Waals surface area contributed by atoms with Crippen molar-refractivity contribution in [1.29, 1.82) is 0 Å². The second-order valence-electron chi connectivity index (χ2n) is 5.84. The van der Waals surface area contributed by atoms with E-state index in [-0.39, 0.29) is 18.5 Å². The van der Waals surface area contributed by atoms with E-state index in [0.29, 0.717) is 18.3 Å². The standard InChI is InChI=1S/C16H23N5O2/c1-11(2)13-5-7-14(8-6-13)16-18-20-21(19-16)9-15(22)17-12(3)10-23-4/h5-8,11-12H,9-10H2,1-4H3,(H,17,22). The van der Waals surface area contributed by atoms with Crippen LogP contribution < -0.4 is 5.32 Å². The molecule has 0 aliphatic heterocycles. The Kier molecular flexibility index (Phi) is 5.81. The first-order valence-corrected chi connectivity index (χ1v) is 7.66. The molecule has 1 heterocycles. The molecule has 0 saturated heterocycles. The average Bonchev–Trinajstić information content (AvgIpc) is 2.95. The molecule has 0 fully saturated rings.